The highest BCUT2D eigenvalue weighted by Crippen LogP contribution is 2.37. The molecule has 1 amide bonds. The minimum Gasteiger partial charge on any atom is -0.493 e. The molecule has 1 aliphatic heterocycles. The van der Waals surface area contributed by atoms with Crippen molar-refractivity contribution in [2.75, 3.05) is 11.9 Å². The minimum atomic E-state index is -4.42. The number of rotatable bonds is 8. The molecule has 0 unspecified atom stereocenters. The number of fused-ring (bicyclic) bond motifs is 1. The lowest BCUT2D eigenvalue weighted by atomic mass is 9.94. The predicted molar refractivity (Wildman–Crippen MR) is 115 cm³/mol. The number of nitrogens with zero attached hydrogens (tertiary/aromatic N) is 1. The molecule has 0 aliphatic carbocycles. The molecular weight excluding hydrogens is 471 g/mol. The van der Waals surface area contributed by atoms with Crippen molar-refractivity contribution in [3.05, 3.63) is 52.0 Å². The van der Waals surface area contributed by atoms with E-state index in [1.807, 2.05) is 0 Å². The fraction of sp³-hybridized carbons (Fsp3) is 0.263. The van der Waals surface area contributed by atoms with Gasteiger partial charge >= 0.3 is 16.5 Å². The van der Waals surface area contributed by atoms with E-state index >= 15 is 0 Å². The van der Waals surface area contributed by atoms with Crippen LogP contribution in [-0.4, -0.2) is 27.3 Å². The molecule has 1 aliphatic rings. The Kier molecular flexibility index (Phi) is 6.83. The van der Waals surface area contributed by atoms with Gasteiger partial charge in [0, 0.05) is 24.3 Å². The van der Waals surface area contributed by atoms with Crippen LogP contribution in [0.3, 0.4) is 0 Å². The summed E-state index contributed by atoms with van der Waals surface area (Å²) >= 11 is 11.6. The van der Waals surface area contributed by atoms with Gasteiger partial charge in [-0.3, -0.25) is 5.32 Å². The number of cyclic esters (lactones) is 1. The van der Waals surface area contributed by atoms with Crippen molar-refractivity contribution in [1.29, 1.82) is 0 Å². The summed E-state index contributed by atoms with van der Waals surface area (Å²) in [5, 5.41) is 6.38. The van der Waals surface area contributed by atoms with E-state index in [9.17, 15) is 13.2 Å². The van der Waals surface area contributed by atoms with Crippen LogP contribution in [0.15, 0.2) is 41.6 Å². The topological polar surface area (TPSA) is 113 Å². The van der Waals surface area contributed by atoms with Crippen LogP contribution < -0.4 is 14.2 Å². The number of nitrogens with one attached hydrogen (secondary N) is 1. The van der Waals surface area contributed by atoms with E-state index in [-0.39, 0.29) is 28.8 Å². The van der Waals surface area contributed by atoms with Gasteiger partial charge < -0.3 is 13.7 Å². The third-order valence-electron chi connectivity index (χ3n) is 4.04. The van der Waals surface area contributed by atoms with Crippen molar-refractivity contribution >= 4 is 51.6 Å². The van der Waals surface area contributed by atoms with Gasteiger partial charge in [-0.2, -0.15) is 0 Å². The highest BCUT2D eigenvalue weighted by atomic mass is 35.5. The maximum atomic E-state index is 11.8. The number of ether oxygens (including phenoxy) is 2. The highest BCUT2D eigenvalue weighted by Gasteiger charge is 2.33. The van der Waals surface area contributed by atoms with Gasteiger partial charge in [0.1, 0.15) is 17.1 Å². The van der Waals surface area contributed by atoms with Crippen molar-refractivity contribution in [2.45, 2.75) is 25.9 Å². The molecule has 0 bridgehead atoms. The van der Waals surface area contributed by atoms with E-state index in [1.54, 1.807) is 32.0 Å². The zero-order valence-electron chi connectivity index (χ0n) is 16.4. The number of amides is 1. The first-order chi connectivity index (χ1) is 14.6. The summed E-state index contributed by atoms with van der Waals surface area (Å²) in [7, 11) is -4.42. The Morgan fingerprint density at radius 3 is 2.61 bits per heavy atom. The van der Waals surface area contributed by atoms with Crippen LogP contribution in [0.2, 0.25) is 10.0 Å². The Hall–Kier alpha value is -2.69. The lowest BCUT2D eigenvalue weighted by molar-refractivity contribution is 0.0418. The van der Waals surface area contributed by atoms with Gasteiger partial charge in [0.15, 0.2) is 0 Å². The van der Waals surface area contributed by atoms with Crippen LogP contribution in [0, 0.1) is 0 Å². The third kappa shape index (κ3) is 6.16. The molecular formula is C19H18Cl2N2O7S. The van der Waals surface area contributed by atoms with Crippen molar-refractivity contribution in [2.24, 2.45) is 5.16 Å². The number of hydrogen-bond acceptors (Lipinski definition) is 8. The first kappa shape index (κ1) is 23.0. The quantitative estimate of drug-likeness (QED) is 0.319. The number of carbonyl (C=O) groups excluding carboxylic acids is 1. The average Bonchev–Trinajstić information content (AvgIpc) is 2.67. The highest BCUT2D eigenvalue weighted by molar-refractivity contribution is 7.82. The molecule has 0 aromatic heterocycles. The first-order valence-electron chi connectivity index (χ1n) is 8.93. The van der Waals surface area contributed by atoms with Crippen LogP contribution in [-0.2, 0) is 25.0 Å². The summed E-state index contributed by atoms with van der Waals surface area (Å²) in [6.45, 7) is 3.75. The summed E-state index contributed by atoms with van der Waals surface area (Å²) in [4.78, 5) is 11.5. The van der Waals surface area contributed by atoms with Gasteiger partial charge in [-0.1, -0.05) is 28.4 Å². The average molecular weight is 489 g/mol. The van der Waals surface area contributed by atoms with Crippen molar-refractivity contribution in [1.82, 2.24) is 0 Å². The van der Waals surface area contributed by atoms with Gasteiger partial charge in [-0.25, -0.2) is 9.08 Å². The molecule has 2 aromatic carbocycles. The molecule has 166 valence electrons. The Balaban J connectivity index is 1.48. The molecule has 0 fully saturated rings. The number of hydrogen-bond donors (Lipinski definition) is 1. The van der Waals surface area contributed by atoms with E-state index < -0.39 is 22.1 Å². The standard InChI is InChI=1S/C19H18Cl2N2O7S/c1-19(2)14-10-12(5-7-17(14)23-18(24)28-19)27-9-3-8-22-30-31(25,26)29-13-4-6-15(20)16(21)11-13/h4-8,10-11H,3,9H2,1-2H3,(H,23,24). The van der Waals surface area contributed by atoms with E-state index in [1.165, 1.54) is 24.4 Å². The zero-order chi connectivity index (χ0) is 22.6. The Bertz CT molecular complexity index is 1120. The van der Waals surface area contributed by atoms with Gasteiger partial charge in [0.2, 0.25) is 0 Å². The first-order valence-corrected chi connectivity index (χ1v) is 11.0. The molecule has 0 saturated heterocycles. The van der Waals surface area contributed by atoms with E-state index in [4.69, 9.17) is 36.9 Å². The predicted octanol–water partition coefficient (Wildman–Crippen LogP) is 4.89. The number of halogens is 2. The van der Waals surface area contributed by atoms with Gasteiger partial charge in [0.25, 0.3) is 0 Å². The Morgan fingerprint density at radius 1 is 1.13 bits per heavy atom. The lowest BCUT2D eigenvalue weighted by Crippen LogP contribution is -2.34. The molecule has 1 N–H and O–H groups in total. The number of carbonyl (C=O) groups is 1. The molecule has 0 saturated carbocycles. The van der Waals surface area contributed by atoms with Gasteiger partial charge in [-0.05, 0) is 44.2 Å². The lowest BCUT2D eigenvalue weighted by Gasteiger charge is -2.32. The minimum absolute atomic E-state index is 0.0663. The second kappa shape index (κ2) is 9.21. The molecule has 9 nitrogen and oxygen atoms in total. The molecule has 1 heterocycles. The zero-order valence-corrected chi connectivity index (χ0v) is 18.8. The molecule has 0 atom stereocenters. The van der Waals surface area contributed by atoms with Crippen LogP contribution in [0.25, 0.3) is 0 Å². The monoisotopic (exact) mass is 488 g/mol. The van der Waals surface area contributed by atoms with Crippen LogP contribution in [0.5, 0.6) is 11.5 Å². The molecule has 0 spiro atoms. The van der Waals surface area contributed by atoms with Crippen LogP contribution in [0.4, 0.5) is 10.5 Å². The molecule has 31 heavy (non-hydrogen) atoms. The summed E-state index contributed by atoms with van der Waals surface area (Å²) in [5.41, 5.74) is 0.623. The molecule has 2 aromatic rings. The summed E-state index contributed by atoms with van der Waals surface area (Å²) in [6, 6.07) is 9.12. The number of oxime groups is 1. The second-order valence-electron chi connectivity index (χ2n) is 6.80. The smallest absolute Gasteiger partial charge is 0.493 e. The summed E-state index contributed by atoms with van der Waals surface area (Å²) < 4.78 is 43.5. The van der Waals surface area contributed by atoms with E-state index in [0.29, 0.717) is 11.4 Å². The molecule has 12 heteroatoms. The van der Waals surface area contributed by atoms with Crippen molar-refractivity contribution < 1.29 is 31.2 Å². The maximum Gasteiger partial charge on any atom is 0.521 e. The second-order valence-corrected chi connectivity index (χ2v) is 8.75. The Labute approximate surface area is 189 Å². The number of anilines is 1. The number of benzene rings is 2. The Morgan fingerprint density at radius 2 is 1.87 bits per heavy atom. The van der Waals surface area contributed by atoms with Crippen molar-refractivity contribution in [3.63, 3.8) is 0 Å². The van der Waals surface area contributed by atoms with Gasteiger partial charge in [0.05, 0.1) is 22.3 Å². The fourth-order valence-electron chi connectivity index (χ4n) is 2.67. The normalized spacial score (nSPS) is 15.0. The fourth-order valence-corrected chi connectivity index (χ4v) is 3.49. The molecule has 0 radical (unpaired) electrons. The third-order valence-corrected chi connectivity index (χ3v) is 5.44. The van der Waals surface area contributed by atoms with E-state index in [2.05, 4.69) is 14.8 Å². The molecule has 3 rings (SSSR count). The SMILES string of the molecule is CC1(C)OC(=O)Nc2ccc(OCCC=NOS(=O)(=O)Oc3ccc(Cl)c(Cl)c3)cc21. The van der Waals surface area contributed by atoms with Crippen LogP contribution in [0.1, 0.15) is 25.8 Å². The van der Waals surface area contributed by atoms with E-state index in [0.717, 1.165) is 5.56 Å². The van der Waals surface area contributed by atoms with Crippen molar-refractivity contribution in [3.8, 4) is 11.5 Å². The van der Waals surface area contributed by atoms with Gasteiger partial charge in [-0.15, -0.1) is 8.42 Å². The van der Waals surface area contributed by atoms with Crippen LogP contribution >= 0.6 is 23.2 Å². The largest absolute Gasteiger partial charge is 0.521 e. The summed E-state index contributed by atoms with van der Waals surface area (Å²) in [5.74, 6) is 0.486. The maximum absolute atomic E-state index is 11.8. The summed E-state index contributed by atoms with van der Waals surface area (Å²) in [6.07, 6.45) is 0.970.